The number of nitrogens with zero attached hydrogens (tertiary/aromatic N) is 3. The number of hydrogen-bond acceptors (Lipinski definition) is 5. The Labute approximate surface area is 207 Å². The van der Waals surface area contributed by atoms with Crippen molar-refractivity contribution in [2.45, 2.75) is 69.6 Å². The molecule has 0 aliphatic heterocycles. The fourth-order valence-electron chi connectivity index (χ4n) is 4.75. The summed E-state index contributed by atoms with van der Waals surface area (Å²) in [5.41, 5.74) is 1.43. The van der Waals surface area contributed by atoms with Crippen LogP contribution in [-0.2, 0) is 19.0 Å². The molecule has 1 aromatic carbocycles. The van der Waals surface area contributed by atoms with Crippen molar-refractivity contribution in [3.05, 3.63) is 40.0 Å². The summed E-state index contributed by atoms with van der Waals surface area (Å²) < 4.78 is 39.1. The SMILES string of the molecule is CN(C)c1nc(N[C@H]2CC[C@@H](NC(=O)Nc3ccc(Cl)c(C(F)(F)F)c3)CC2)nc2c1CCCC2. The van der Waals surface area contributed by atoms with Crippen LogP contribution in [0.25, 0.3) is 0 Å². The van der Waals surface area contributed by atoms with E-state index < -0.39 is 22.8 Å². The molecule has 2 aliphatic carbocycles. The fourth-order valence-corrected chi connectivity index (χ4v) is 4.97. The third kappa shape index (κ3) is 6.28. The molecule has 0 saturated heterocycles. The van der Waals surface area contributed by atoms with E-state index in [1.807, 2.05) is 19.0 Å². The molecule has 1 saturated carbocycles. The Balaban J connectivity index is 1.30. The van der Waals surface area contributed by atoms with E-state index in [1.165, 1.54) is 11.6 Å². The number of aryl methyl sites for hydroxylation is 1. The molecule has 2 amide bonds. The maximum absolute atomic E-state index is 13.0. The van der Waals surface area contributed by atoms with E-state index in [0.717, 1.165) is 75.0 Å². The molecule has 1 aromatic heterocycles. The van der Waals surface area contributed by atoms with Crippen molar-refractivity contribution in [3.8, 4) is 0 Å². The molecule has 1 heterocycles. The van der Waals surface area contributed by atoms with Gasteiger partial charge in [-0.2, -0.15) is 18.2 Å². The van der Waals surface area contributed by atoms with Crippen LogP contribution in [0.15, 0.2) is 18.2 Å². The normalized spacial score (nSPS) is 20.1. The molecule has 0 bridgehead atoms. The second-order valence-corrected chi connectivity index (χ2v) is 9.79. The van der Waals surface area contributed by atoms with Crippen molar-refractivity contribution >= 4 is 35.1 Å². The molecule has 0 atom stereocenters. The van der Waals surface area contributed by atoms with Crippen LogP contribution in [0, 0.1) is 0 Å². The highest BCUT2D eigenvalue weighted by molar-refractivity contribution is 6.31. The van der Waals surface area contributed by atoms with Crippen LogP contribution in [0.3, 0.4) is 0 Å². The monoisotopic (exact) mass is 510 g/mol. The number of anilines is 3. The van der Waals surface area contributed by atoms with Gasteiger partial charge in [-0.05, 0) is 69.6 Å². The zero-order valence-corrected chi connectivity index (χ0v) is 20.6. The minimum absolute atomic E-state index is 0.0378. The molecule has 11 heteroatoms. The van der Waals surface area contributed by atoms with Gasteiger partial charge < -0.3 is 20.9 Å². The largest absolute Gasteiger partial charge is 0.417 e. The Morgan fingerprint density at radius 2 is 1.74 bits per heavy atom. The molecule has 35 heavy (non-hydrogen) atoms. The van der Waals surface area contributed by atoms with Crippen LogP contribution >= 0.6 is 11.6 Å². The molecule has 3 N–H and O–H groups in total. The van der Waals surface area contributed by atoms with E-state index in [-0.39, 0.29) is 17.8 Å². The van der Waals surface area contributed by atoms with Gasteiger partial charge in [-0.1, -0.05) is 11.6 Å². The molecule has 7 nitrogen and oxygen atoms in total. The minimum atomic E-state index is -4.59. The number of alkyl halides is 3. The van der Waals surface area contributed by atoms with Crippen LogP contribution in [0.2, 0.25) is 5.02 Å². The van der Waals surface area contributed by atoms with Crippen LogP contribution < -0.4 is 20.9 Å². The summed E-state index contributed by atoms with van der Waals surface area (Å²) in [5.74, 6) is 1.62. The Morgan fingerprint density at radius 1 is 1.06 bits per heavy atom. The summed E-state index contributed by atoms with van der Waals surface area (Å²) in [5, 5.41) is 8.40. The Hall–Kier alpha value is -2.75. The van der Waals surface area contributed by atoms with Crippen molar-refractivity contribution in [1.29, 1.82) is 0 Å². The zero-order valence-electron chi connectivity index (χ0n) is 19.8. The van der Waals surface area contributed by atoms with Gasteiger partial charge in [0.05, 0.1) is 16.3 Å². The predicted molar refractivity (Wildman–Crippen MR) is 131 cm³/mol. The smallest absolute Gasteiger partial charge is 0.362 e. The van der Waals surface area contributed by atoms with Crippen molar-refractivity contribution in [1.82, 2.24) is 15.3 Å². The summed E-state index contributed by atoms with van der Waals surface area (Å²) in [6.45, 7) is 0. The number of aromatic nitrogens is 2. The minimum Gasteiger partial charge on any atom is -0.362 e. The summed E-state index contributed by atoms with van der Waals surface area (Å²) >= 11 is 5.64. The lowest BCUT2D eigenvalue weighted by Crippen LogP contribution is -2.42. The Bertz CT molecular complexity index is 1070. The van der Waals surface area contributed by atoms with Gasteiger partial charge in [-0.25, -0.2) is 9.78 Å². The first kappa shape index (κ1) is 25.3. The van der Waals surface area contributed by atoms with Crippen molar-refractivity contribution in [2.75, 3.05) is 29.6 Å². The molecule has 0 unspecified atom stereocenters. The molecule has 0 spiro atoms. The van der Waals surface area contributed by atoms with E-state index >= 15 is 0 Å². The average Bonchev–Trinajstić information content (AvgIpc) is 2.80. The van der Waals surface area contributed by atoms with Crippen molar-refractivity contribution in [2.24, 2.45) is 0 Å². The third-order valence-corrected chi connectivity index (χ3v) is 6.84. The lowest BCUT2D eigenvalue weighted by Gasteiger charge is -2.30. The molecule has 2 aliphatic rings. The number of halogens is 4. The van der Waals surface area contributed by atoms with Crippen molar-refractivity contribution < 1.29 is 18.0 Å². The Morgan fingerprint density at radius 3 is 2.43 bits per heavy atom. The third-order valence-electron chi connectivity index (χ3n) is 6.51. The topological polar surface area (TPSA) is 82.2 Å². The molecule has 0 radical (unpaired) electrons. The van der Waals surface area contributed by atoms with Gasteiger partial charge in [0.2, 0.25) is 5.95 Å². The molecule has 190 valence electrons. The first-order valence-corrected chi connectivity index (χ1v) is 12.3. The number of rotatable bonds is 5. The summed E-state index contributed by atoms with van der Waals surface area (Å²) in [6.07, 6.45) is 2.82. The summed E-state index contributed by atoms with van der Waals surface area (Å²) in [4.78, 5) is 23.9. The number of fused-ring (bicyclic) bond motifs is 1. The maximum Gasteiger partial charge on any atom is 0.417 e. The fraction of sp³-hybridized carbons (Fsp3) is 0.542. The maximum atomic E-state index is 13.0. The van der Waals surface area contributed by atoms with Gasteiger partial charge in [0.15, 0.2) is 0 Å². The molecular weight excluding hydrogens is 481 g/mol. The predicted octanol–water partition coefficient (Wildman–Crippen LogP) is 5.64. The van der Waals surface area contributed by atoms with Gasteiger partial charge in [0, 0.05) is 37.4 Å². The summed E-state index contributed by atoms with van der Waals surface area (Å²) in [7, 11) is 3.99. The van der Waals surface area contributed by atoms with E-state index in [0.29, 0.717) is 5.95 Å². The number of benzene rings is 1. The number of hydrogen-bond donors (Lipinski definition) is 3. The second-order valence-electron chi connectivity index (χ2n) is 9.38. The first-order valence-electron chi connectivity index (χ1n) is 11.9. The lowest BCUT2D eigenvalue weighted by molar-refractivity contribution is -0.137. The molecular formula is C24H30ClF3N6O. The number of urea groups is 1. The lowest BCUT2D eigenvalue weighted by atomic mass is 9.91. The highest BCUT2D eigenvalue weighted by Crippen LogP contribution is 2.36. The standard InChI is InChI=1S/C24H30ClF3N6O/c1-34(2)21-17-5-3-4-6-20(17)32-22(33-21)29-14-7-9-15(10-8-14)30-23(35)31-16-11-12-19(25)18(13-16)24(26,27)28/h11-15H,3-10H2,1-2H3,(H,29,32,33)(H2,30,31,35)/t14-,15+. The molecule has 1 fully saturated rings. The summed E-state index contributed by atoms with van der Waals surface area (Å²) in [6, 6.07) is 2.90. The first-order chi connectivity index (χ1) is 16.6. The number of carbonyl (C=O) groups is 1. The van der Waals surface area contributed by atoms with Crippen LogP contribution in [0.1, 0.15) is 55.3 Å². The number of amides is 2. The van der Waals surface area contributed by atoms with Gasteiger partial charge in [-0.3, -0.25) is 0 Å². The Kier molecular flexibility index (Phi) is 7.59. The van der Waals surface area contributed by atoms with Gasteiger partial charge >= 0.3 is 12.2 Å². The number of nitrogens with one attached hydrogen (secondary N) is 3. The number of carbonyl (C=O) groups excluding carboxylic acids is 1. The zero-order chi connectivity index (χ0) is 25.2. The van der Waals surface area contributed by atoms with E-state index in [9.17, 15) is 18.0 Å². The average molecular weight is 511 g/mol. The van der Waals surface area contributed by atoms with Gasteiger partial charge in [0.1, 0.15) is 5.82 Å². The van der Waals surface area contributed by atoms with Crippen LogP contribution in [-0.4, -0.2) is 42.2 Å². The second kappa shape index (κ2) is 10.5. The van der Waals surface area contributed by atoms with Crippen LogP contribution in [0.5, 0.6) is 0 Å². The van der Waals surface area contributed by atoms with Gasteiger partial charge in [-0.15, -0.1) is 0 Å². The molecule has 4 rings (SSSR count). The van der Waals surface area contributed by atoms with E-state index in [4.69, 9.17) is 21.6 Å². The van der Waals surface area contributed by atoms with E-state index in [1.54, 1.807) is 0 Å². The quantitative estimate of drug-likeness (QED) is 0.485. The van der Waals surface area contributed by atoms with Crippen LogP contribution in [0.4, 0.5) is 35.4 Å². The van der Waals surface area contributed by atoms with Gasteiger partial charge in [0.25, 0.3) is 0 Å². The van der Waals surface area contributed by atoms with E-state index in [2.05, 4.69) is 16.0 Å². The highest BCUT2D eigenvalue weighted by Gasteiger charge is 2.33. The molecule has 2 aromatic rings. The van der Waals surface area contributed by atoms with Crippen molar-refractivity contribution in [3.63, 3.8) is 0 Å². The highest BCUT2D eigenvalue weighted by atomic mass is 35.5.